The van der Waals surface area contributed by atoms with Crippen LogP contribution in [0.3, 0.4) is 0 Å². The predicted molar refractivity (Wildman–Crippen MR) is 86.0 cm³/mol. The third-order valence-electron chi connectivity index (χ3n) is 3.15. The van der Waals surface area contributed by atoms with Crippen molar-refractivity contribution >= 4 is 11.7 Å². The Morgan fingerprint density at radius 2 is 1.83 bits per heavy atom. The van der Waals surface area contributed by atoms with Crippen LogP contribution in [0.2, 0.25) is 0 Å². The van der Waals surface area contributed by atoms with Gasteiger partial charge in [-0.25, -0.2) is 4.79 Å². The molecular weight excluding hydrogens is 314 g/mol. The van der Waals surface area contributed by atoms with E-state index in [0.717, 1.165) is 6.07 Å². The molecule has 2 aromatic rings. The second-order valence-corrected chi connectivity index (χ2v) is 4.78. The molecule has 2 aromatic carbocycles. The van der Waals surface area contributed by atoms with E-state index in [2.05, 4.69) is 5.16 Å². The number of benzene rings is 2. The second kappa shape index (κ2) is 7.87. The van der Waals surface area contributed by atoms with Crippen molar-refractivity contribution < 1.29 is 29.7 Å². The standard InChI is InChI=1S/C17H17NO6/c1-2-23-17(21)11-3-6-13(7-4-11)24-10-15(18-22)14-8-5-12(19)9-16(14)20/h3-9,19-20,22H,2,10H2,1H3. The molecule has 0 unspecified atom stereocenters. The first kappa shape index (κ1) is 17.1. The van der Waals surface area contributed by atoms with Crippen molar-refractivity contribution in [1.82, 2.24) is 0 Å². The Labute approximate surface area is 138 Å². The van der Waals surface area contributed by atoms with E-state index in [-0.39, 0.29) is 29.4 Å². The number of rotatable bonds is 6. The minimum absolute atomic E-state index is 0.0852. The van der Waals surface area contributed by atoms with Crippen molar-refractivity contribution in [2.45, 2.75) is 6.92 Å². The summed E-state index contributed by atoms with van der Waals surface area (Å²) in [5.41, 5.74) is 0.719. The van der Waals surface area contributed by atoms with Crippen LogP contribution < -0.4 is 4.74 Å². The van der Waals surface area contributed by atoms with Crippen LogP contribution in [0.5, 0.6) is 17.2 Å². The summed E-state index contributed by atoms with van der Waals surface area (Å²) in [5.74, 6) is -0.314. The third kappa shape index (κ3) is 4.16. The Balaban J connectivity index is 2.04. The molecule has 2 rings (SSSR count). The van der Waals surface area contributed by atoms with E-state index in [1.807, 2.05) is 0 Å². The number of nitrogens with zero attached hydrogens (tertiary/aromatic N) is 1. The molecular formula is C17H17NO6. The largest absolute Gasteiger partial charge is 0.508 e. The van der Waals surface area contributed by atoms with Crippen molar-refractivity contribution in [3.8, 4) is 17.2 Å². The topological polar surface area (TPSA) is 109 Å². The average Bonchev–Trinajstić information content (AvgIpc) is 2.57. The monoisotopic (exact) mass is 331 g/mol. The third-order valence-corrected chi connectivity index (χ3v) is 3.15. The molecule has 0 heterocycles. The van der Waals surface area contributed by atoms with E-state index in [1.165, 1.54) is 12.1 Å². The number of aromatic hydroxyl groups is 2. The van der Waals surface area contributed by atoms with Crippen LogP contribution in [0.15, 0.2) is 47.6 Å². The van der Waals surface area contributed by atoms with E-state index < -0.39 is 5.97 Å². The molecule has 3 N–H and O–H groups in total. The first-order valence-electron chi connectivity index (χ1n) is 7.18. The number of esters is 1. The molecule has 0 radical (unpaired) electrons. The minimum Gasteiger partial charge on any atom is -0.508 e. The Morgan fingerprint density at radius 3 is 2.42 bits per heavy atom. The molecule has 0 spiro atoms. The van der Waals surface area contributed by atoms with Crippen molar-refractivity contribution in [3.63, 3.8) is 0 Å². The molecule has 0 aliphatic rings. The van der Waals surface area contributed by atoms with Crippen molar-refractivity contribution in [3.05, 3.63) is 53.6 Å². The van der Waals surface area contributed by atoms with Gasteiger partial charge in [0.05, 0.1) is 12.2 Å². The van der Waals surface area contributed by atoms with Gasteiger partial charge in [-0.1, -0.05) is 5.16 Å². The smallest absolute Gasteiger partial charge is 0.338 e. The zero-order chi connectivity index (χ0) is 17.5. The van der Waals surface area contributed by atoms with Crippen LogP contribution in [0.4, 0.5) is 0 Å². The van der Waals surface area contributed by atoms with E-state index in [0.29, 0.717) is 17.9 Å². The summed E-state index contributed by atoms with van der Waals surface area (Å²) < 4.78 is 10.4. The van der Waals surface area contributed by atoms with Crippen LogP contribution in [0, 0.1) is 0 Å². The number of carbonyl (C=O) groups is 1. The average molecular weight is 331 g/mol. The number of phenolic OH excluding ortho intramolecular Hbond substituents is 2. The van der Waals surface area contributed by atoms with Gasteiger partial charge in [0.15, 0.2) is 0 Å². The Hall–Kier alpha value is -3.22. The summed E-state index contributed by atoms with van der Waals surface area (Å²) in [6.07, 6.45) is 0. The number of phenols is 2. The SMILES string of the molecule is CCOC(=O)c1ccc(OCC(=NO)c2ccc(O)cc2O)cc1. The van der Waals surface area contributed by atoms with E-state index in [4.69, 9.17) is 14.7 Å². The molecule has 0 bridgehead atoms. The highest BCUT2D eigenvalue weighted by Gasteiger charge is 2.12. The van der Waals surface area contributed by atoms with E-state index in [9.17, 15) is 15.0 Å². The van der Waals surface area contributed by atoms with Gasteiger partial charge >= 0.3 is 5.97 Å². The van der Waals surface area contributed by atoms with Gasteiger partial charge in [0.1, 0.15) is 29.6 Å². The molecule has 0 saturated heterocycles. The number of hydrogen-bond donors (Lipinski definition) is 3. The first-order chi connectivity index (χ1) is 11.5. The van der Waals surface area contributed by atoms with Crippen LogP contribution in [-0.2, 0) is 4.74 Å². The van der Waals surface area contributed by atoms with Crippen LogP contribution in [-0.4, -0.2) is 40.3 Å². The highest BCUT2D eigenvalue weighted by Crippen LogP contribution is 2.23. The molecule has 7 heteroatoms. The lowest BCUT2D eigenvalue weighted by molar-refractivity contribution is 0.0526. The Kier molecular flexibility index (Phi) is 5.62. The minimum atomic E-state index is -0.421. The summed E-state index contributed by atoms with van der Waals surface area (Å²) in [6, 6.07) is 10.2. The molecule has 0 saturated carbocycles. The molecule has 126 valence electrons. The first-order valence-corrected chi connectivity index (χ1v) is 7.18. The van der Waals surface area contributed by atoms with Gasteiger partial charge in [0.2, 0.25) is 0 Å². The van der Waals surface area contributed by atoms with Gasteiger partial charge in [-0.05, 0) is 43.3 Å². The molecule has 0 aliphatic carbocycles. The van der Waals surface area contributed by atoms with Crippen LogP contribution in [0.1, 0.15) is 22.8 Å². The summed E-state index contributed by atoms with van der Waals surface area (Å²) in [7, 11) is 0. The molecule has 0 atom stereocenters. The maximum Gasteiger partial charge on any atom is 0.338 e. The Morgan fingerprint density at radius 1 is 1.12 bits per heavy atom. The molecule has 24 heavy (non-hydrogen) atoms. The molecule has 0 amide bonds. The van der Waals surface area contributed by atoms with Gasteiger partial charge in [-0.2, -0.15) is 0 Å². The van der Waals surface area contributed by atoms with Crippen molar-refractivity contribution in [1.29, 1.82) is 0 Å². The van der Waals surface area contributed by atoms with E-state index in [1.54, 1.807) is 31.2 Å². The summed E-state index contributed by atoms with van der Waals surface area (Å²) >= 11 is 0. The maximum atomic E-state index is 11.6. The van der Waals surface area contributed by atoms with Gasteiger partial charge in [0.25, 0.3) is 0 Å². The molecule has 7 nitrogen and oxygen atoms in total. The number of hydrogen-bond acceptors (Lipinski definition) is 7. The lowest BCUT2D eigenvalue weighted by Crippen LogP contribution is -2.13. The number of ether oxygens (including phenoxy) is 2. The van der Waals surface area contributed by atoms with E-state index >= 15 is 0 Å². The summed E-state index contributed by atoms with van der Waals surface area (Å²) in [6.45, 7) is 1.90. The second-order valence-electron chi connectivity index (χ2n) is 4.78. The van der Waals surface area contributed by atoms with Crippen LogP contribution >= 0.6 is 0 Å². The molecule has 0 aromatic heterocycles. The Bertz CT molecular complexity index is 739. The van der Waals surface area contributed by atoms with Crippen molar-refractivity contribution in [2.75, 3.05) is 13.2 Å². The number of oxime groups is 1. The lowest BCUT2D eigenvalue weighted by Gasteiger charge is -2.10. The predicted octanol–water partition coefficient (Wildman–Crippen LogP) is 2.53. The van der Waals surface area contributed by atoms with Gasteiger partial charge in [-0.3, -0.25) is 0 Å². The molecule has 0 fully saturated rings. The van der Waals surface area contributed by atoms with Crippen molar-refractivity contribution in [2.24, 2.45) is 5.16 Å². The van der Waals surface area contributed by atoms with Gasteiger partial charge < -0.3 is 24.9 Å². The quantitative estimate of drug-likeness (QED) is 0.325. The highest BCUT2D eigenvalue weighted by atomic mass is 16.5. The maximum absolute atomic E-state index is 11.6. The zero-order valence-electron chi connectivity index (χ0n) is 13.0. The van der Waals surface area contributed by atoms with Gasteiger partial charge in [0, 0.05) is 11.6 Å². The zero-order valence-corrected chi connectivity index (χ0v) is 13.0. The summed E-state index contributed by atoms with van der Waals surface area (Å²) in [4.78, 5) is 11.6. The molecule has 0 aliphatic heterocycles. The fourth-order valence-corrected chi connectivity index (χ4v) is 1.98. The van der Waals surface area contributed by atoms with Crippen LogP contribution in [0.25, 0.3) is 0 Å². The fraction of sp³-hybridized carbons (Fsp3) is 0.176. The lowest BCUT2D eigenvalue weighted by atomic mass is 10.1. The summed E-state index contributed by atoms with van der Waals surface area (Å²) in [5, 5.41) is 31.3. The van der Waals surface area contributed by atoms with Gasteiger partial charge in [-0.15, -0.1) is 0 Å². The number of carbonyl (C=O) groups excluding carboxylic acids is 1. The highest BCUT2D eigenvalue weighted by molar-refractivity contribution is 6.03. The normalized spacial score (nSPS) is 11.1. The fourth-order valence-electron chi connectivity index (χ4n) is 1.98.